The molecule has 18 heavy (non-hydrogen) atoms. The second kappa shape index (κ2) is 6.19. The van der Waals surface area contributed by atoms with Crippen molar-refractivity contribution >= 4 is 17.5 Å². The zero-order chi connectivity index (χ0) is 13.8. The van der Waals surface area contributed by atoms with Gasteiger partial charge in [0.2, 0.25) is 5.91 Å². The van der Waals surface area contributed by atoms with Crippen molar-refractivity contribution in [2.45, 2.75) is 39.3 Å². The Labute approximate surface area is 113 Å². The molecule has 4 heteroatoms. The molecule has 0 radical (unpaired) electrons. The summed E-state index contributed by atoms with van der Waals surface area (Å²) in [5, 5.41) is 0. The molecule has 0 aliphatic rings. The van der Waals surface area contributed by atoms with Crippen LogP contribution in [0.5, 0.6) is 0 Å². The molecule has 0 heterocycles. The number of amides is 1. The maximum Gasteiger partial charge on any atom is 0.238 e. The molecule has 1 rings (SSSR count). The fourth-order valence-electron chi connectivity index (χ4n) is 1.68. The molecule has 1 amide bonds. The first-order valence-electron chi connectivity index (χ1n) is 6.01. The van der Waals surface area contributed by atoms with E-state index >= 15 is 0 Å². The van der Waals surface area contributed by atoms with Crippen molar-refractivity contribution in [2.24, 2.45) is 0 Å². The quantitative estimate of drug-likeness (QED) is 0.750. The summed E-state index contributed by atoms with van der Waals surface area (Å²) in [6.45, 7) is 6.48. The van der Waals surface area contributed by atoms with Crippen LogP contribution >= 0.6 is 11.6 Å². The van der Waals surface area contributed by atoms with Gasteiger partial charge in [0, 0.05) is 12.1 Å². The Morgan fingerprint density at radius 3 is 2.33 bits per heavy atom. The lowest BCUT2D eigenvalue weighted by Crippen LogP contribution is -2.47. The van der Waals surface area contributed by atoms with Crippen molar-refractivity contribution in [1.82, 2.24) is 4.90 Å². The molecule has 0 aliphatic heterocycles. The molecule has 0 aliphatic carbocycles. The molecule has 0 fully saturated rings. The van der Waals surface area contributed by atoms with E-state index in [1.54, 1.807) is 17.0 Å². The van der Waals surface area contributed by atoms with Gasteiger partial charge < -0.3 is 4.90 Å². The molecule has 0 saturated heterocycles. The largest absolute Gasteiger partial charge is 0.332 e. The lowest BCUT2D eigenvalue weighted by molar-refractivity contribution is -0.134. The number of rotatable bonds is 5. The minimum absolute atomic E-state index is 0.0371. The zero-order valence-electron chi connectivity index (χ0n) is 11.0. The van der Waals surface area contributed by atoms with Crippen LogP contribution in [0.4, 0.5) is 4.39 Å². The maximum atomic E-state index is 12.8. The van der Waals surface area contributed by atoms with Crippen LogP contribution in [0.15, 0.2) is 24.3 Å². The van der Waals surface area contributed by atoms with Crippen molar-refractivity contribution in [3.63, 3.8) is 0 Å². The summed E-state index contributed by atoms with van der Waals surface area (Å²) < 4.78 is 12.8. The van der Waals surface area contributed by atoms with E-state index in [-0.39, 0.29) is 23.1 Å². The standard InChI is InChI=1S/C14H19ClFNO/c1-4-14(2,3)17(13(18)9-15)10-11-5-7-12(16)8-6-11/h5-8H,4,9-10H2,1-3H3. The molecule has 0 aromatic heterocycles. The van der Waals surface area contributed by atoms with E-state index in [9.17, 15) is 9.18 Å². The molecule has 0 saturated carbocycles. The number of hydrogen-bond donors (Lipinski definition) is 0. The first kappa shape index (κ1) is 15.0. The Morgan fingerprint density at radius 1 is 1.33 bits per heavy atom. The average molecular weight is 272 g/mol. The third-order valence-corrected chi connectivity index (χ3v) is 3.49. The molecule has 0 spiro atoms. The van der Waals surface area contributed by atoms with Gasteiger partial charge in [-0.2, -0.15) is 0 Å². The number of nitrogens with zero attached hydrogens (tertiary/aromatic N) is 1. The minimum Gasteiger partial charge on any atom is -0.332 e. The molecule has 2 nitrogen and oxygen atoms in total. The Bertz CT molecular complexity index is 403. The summed E-state index contributed by atoms with van der Waals surface area (Å²) in [6, 6.07) is 6.18. The van der Waals surface area contributed by atoms with Crippen molar-refractivity contribution < 1.29 is 9.18 Å². The molecule has 1 aromatic carbocycles. The topological polar surface area (TPSA) is 20.3 Å². The minimum atomic E-state index is -0.274. The predicted octanol–water partition coefficient (Wildman–Crippen LogP) is 3.58. The number of alkyl halides is 1. The lowest BCUT2D eigenvalue weighted by atomic mass is 9.98. The normalized spacial score (nSPS) is 11.4. The van der Waals surface area contributed by atoms with E-state index in [1.807, 2.05) is 20.8 Å². The van der Waals surface area contributed by atoms with Gasteiger partial charge in [0.05, 0.1) is 0 Å². The van der Waals surface area contributed by atoms with Crippen LogP contribution in [0.25, 0.3) is 0 Å². The Morgan fingerprint density at radius 2 is 1.89 bits per heavy atom. The summed E-state index contributed by atoms with van der Waals surface area (Å²) in [6.07, 6.45) is 0.830. The van der Waals surface area contributed by atoms with Gasteiger partial charge in [-0.05, 0) is 38.0 Å². The van der Waals surface area contributed by atoms with E-state index in [0.717, 1.165) is 12.0 Å². The highest BCUT2D eigenvalue weighted by Gasteiger charge is 2.28. The van der Waals surface area contributed by atoms with Gasteiger partial charge in [0.25, 0.3) is 0 Å². The Kier molecular flexibility index (Phi) is 5.15. The first-order chi connectivity index (χ1) is 8.40. The summed E-state index contributed by atoms with van der Waals surface area (Å²) >= 11 is 5.65. The molecule has 0 unspecified atom stereocenters. The smallest absolute Gasteiger partial charge is 0.238 e. The fourth-order valence-corrected chi connectivity index (χ4v) is 1.82. The summed E-state index contributed by atoms with van der Waals surface area (Å²) in [5.41, 5.74) is 0.636. The molecule has 0 atom stereocenters. The van der Waals surface area contributed by atoms with E-state index in [0.29, 0.717) is 6.54 Å². The second-order valence-electron chi connectivity index (χ2n) is 4.91. The van der Waals surface area contributed by atoms with Crippen molar-refractivity contribution in [3.05, 3.63) is 35.6 Å². The van der Waals surface area contributed by atoms with Crippen LogP contribution in [-0.2, 0) is 11.3 Å². The van der Waals surface area contributed by atoms with E-state index < -0.39 is 0 Å². The molecular formula is C14H19ClFNO. The number of carbonyl (C=O) groups excluding carboxylic acids is 1. The fraction of sp³-hybridized carbons (Fsp3) is 0.500. The van der Waals surface area contributed by atoms with Gasteiger partial charge in [-0.15, -0.1) is 11.6 Å². The van der Waals surface area contributed by atoms with Crippen molar-refractivity contribution in [1.29, 1.82) is 0 Å². The molecule has 0 bridgehead atoms. The van der Waals surface area contributed by atoms with Gasteiger partial charge in [0.15, 0.2) is 0 Å². The van der Waals surface area contributed by atoms with Gasteiger partial charge in [-0.25, -0.2) is 4.39 Å². The highest BCUT2D eigenvalue weighted by atomic mass is 35.5. The number of benzene rings is 1. The van der Waals surface area contributed by atoms with Gasteiger partial charge in [-0.1, -0.05) is 19.1 Å². The summed E-state index contributed by atoms with van der Waals surface area (Å²) in [4.78, 5) is 13.7. The monoisotopic (exact) mass is 271 g/mol. The van der Waals surface area contributed by atoms with Gasteiger partial charge in [-0.3, -0.25) is 4.79 Å². The average Bonchev–Trinajstić information content (AvgIpc) is 2.37. The van der Waals surface area contributed by atoms with E-state index in [2.05, 4.69) is 0 Å². The lowest BCUT2D eigenvalue weighted by Gasteiger charge is -2.38. The highest BCUT2D eigenvalue weighted by molar-refractivity contribution is 6.27. The van der Waals surface area contributed by atoms with Crippen LogP contribution < -0.4 is 0 Å². The number of hydrogen-bond acceptors (Lipinski definition) is 1. The Balaban J connectivity index is 2.92. The van der Waals surface area contributed by atoms with Crippen molar-refractivity contribution in [2.75, 3.05) is 5.88 Å². The molecular weight excluding hydrogens is 253 g/mol. The van der Waals surface area contributed by atoms with Crippen LogP contribution in [0, 0.1) is 5.82 Å². The van der Waals surface area contributed by atoms with E-state index in [1.165, 1.54) is 12.1 Å². The van der Waals surface area contributed by atoms with Crippen molar-refractivity contribution in [3.8, 4) is 0 Å². The highest BCUT2D eigenvalue weighted by Crippen LogP contribution is 2.22. The molecule has 0 N–H and O–H groups in total. The number of carbonyl (C=O) groups is 1. The van der Waals surface area contributed by atoms with E-state index in [4.69, 9.17) is 11.6 Å². The second-order valence-corrected chi connectivity index (χ2v) is 5.17. The van der Waals surface area contributed by atoms with Gasteiger partial charge in [0.1, 0.15) is 11.7 Å². The van der Waals surface area contributed by atoms with Gasteiger partial charge >= 0.3 is 0 Å². The zero-order valence-corrected chi connectivity index (χ0v) is 11.8. The molecule has 100 valence electrons. The van der Waals surface area contributed by atoms with Crippen LogP contribution in [0.1, 0.15) is 32.8 Å². The summed E-state index contributed by atoms with van der Waals surface area (Å²) in [7, 11) is 0. The van der Waals surface area contributed by atoms with Crippen LogP contribution in [-0.4, -0.2) is 22.2 Å². The third-order valence-electron chi connectivity index (χ3n) is 3.27. The Hall–Kier alpha value is -1.09. The predicted molar refractivity (Wildman–Crippen MR) is 72.0 cm³/mol. The van der Waals surface area contributed by atoms with Crippen LogP contribution in [0.2, 0.25) is 0 Å². The number of halogens is 2. The SMILES string of the molecule is CCC(C)(C)N(Cc1ccc(F)cc1)C(=O)CCl. The maximum absolute atomic E-state index is 12.8. The molecule has 1 aromatic rings. The summed E-state index contributed by atoms with van der Waals surface area (Å²) in [5.74, 6) is -0.415. The first-order valence-corrected chi connectivity index (χ1v) is 6.55. The third kappa shape index (κ3) is 3.70. The van der Waals surface area contributed by atoms with Crippen LogP contribution in [0.3, 0.4) is 0 Å².